The summed E-state index contributed by atoms with van der Waals surface area (Å²) in [5, 5.41) is 0. The molecule has 2 nitrogen and oxygen atoms in total. The maximum absolute atomic E-state index is 6.23. The van der Waals surface area contributed by atoms with Crippen LogP contribution in [0.2, 0.25) is 0 Å². The molecular weight excluding hydrogens is 208 g/mol. The average molecular weight is 232 g/mol. The zero-order valence-electron chi connectivity index (χ0n) is 11.1. The van der Waals surface area contributed by atoms with E-state index in [9.17, 15) is 0 Å². The van der Waals surface area contributed by atoms with Gasteiger partial charge in [-0.3, -0.25) is 4.90 Å². The van der Waals surface area contributed by atoms with E-state index in [0.29, 0.717) is 24.0 Å². The van der Waals surface area contributed by atoms with Gasteiger partial charge in [0.1, 0.15) is 0 Å². The van der Waals surface area contributed by atoms with Crippen molar-refractivity contribution < 1.29 is 0 Å². The summed E-state index contributed by atoms with van der Waals surface area (Å²) in [7, 11) is 0. The van der Waals surface area contributed by atoms with E-state index in [0.717, 1.165) is 13.0 Å². The summed E-state index contributed by atoms with van der Waals surface area (Å²) in [6.07, 6.45) is 1.15. The number of hydrogen-bond acceptors (Lipinski definition) is 2. The predicted octanol–water partition coefficient (Wildman–Crippen LogP) is 2.63. The van der Waals surface area contributed by atoms with E-state index >= 15 is 0 Å². The van der Waals surface area contributed by atoms with Crippen LogP contribution in [-0.4, -0.2) is 23.0 Å². The van der Waals surface area contributed by atoms with Gasteiger partial charge in [0, 0.05) is 24.7 Å². The highest BCUT2D eigenvalue weighted by molar-refractivity contribution is 5.15. The van der Waals surface area contributed by atoms with Gasteiger partial charge in [0.05, 0.1) is 0 Å². The Morgan fingerprint density at radius 2 is 1.76 bits per heavy atom. The predicted molar refractivity (Wildman–Crippen MR) is 72.7 cm³/mol. The van der Waals surface area contributed by atoms with Gasteiger partial charge in [0.15, 0.2) is 0 Å². The molecule has 1 aromatic carbocycles. The maximum Gasteiger partial charge on any atom is 0.0240 e. The van der Waals surface area contributed by atoms with Crippen LogP contribution in [0.4, 0.5) is 0 Å². The van der Waals surface area contributed by atoms with Crippen molar-refractivity contribution in [1.29, 1.82) is 0 Å². The molecule has 1 fully saturated rings. The quantitative estimate of drug-likeness (QED) is 0.849. The molecule has 17 heavy (non-hydrogen) atoms. The van der Waals surface area contributed by atoms with Crippen LogP contribution in [-0.2, 0) is 6.54 Å². The van der Waals surface area contributed by atoms with Crippen LogP contribution in [0.1, 0.15) is 32.8 Å². The Bertz CT molecular complexity index is 335. The fourth-order valence-corrected chi connectivity index (χ4v) is 2.85. The molecular formula is C15H24N2. The maximum atomic E-state index is 6.23. The van der Waals surface area contributed by atoms with Gasteiger partial charge in [-0.05, 0) is 31.7 Å². The number of rotatable bonds is 2. The highest BCUT2D eigenvalue weighted by Gasteiger charge is 2.34. The topological polar surface area (TPSA) is 29.3 Å². The molecule has 1 aromatic rings. The lowest BCUT2D eigenvalue weighted by Crippen LogP contribution is -2.56. The molecule has 1 aliphatic heterocycles. The lowest BCUT2D eigenvalue weighted by atomic mass is 9.84. The van der Waals surface area contributed by atoms with Gasteiger partial charge in [-0.2, -0.15) is 0 Å². The first-order valence-electron chi connectivity index (χ1n) is 6.65. The third-order valence-electron chi connectivity index (χ3n) is 4.34. The first kappa shape index (κ1) is 12.6. The summed E-state index contributed by atoms with van der Waals surface area (Å²) >= 11 is 0. The molecule has 1 aliphatic rings. The molecule has 0 aromatic heterocycles. The van der Waals surface area contributed by atoms with Crippen LogP contribution in [0.15, 0.2) is 30.3 Å². The van der Waals surface area contributed by atoms with Crippen LogP contribution in [0.25, 0.3) is 0 Å². The second-order valence-corrected chi connectivity index (χ2v) is 5.52. The van der Waals surface area contributed by atoms with Crippen LogP contribution in [0, 0.1) is 5.92 Å². The van der Waals surface area contributed by atoms with Gasteiger partial charge in [-0.15, -0.1) is 0 Å². The Morgan fingerprint density at radius 1 is 1.12 bits per heavy atom. The summed E-state index contributed by atoms with van der Waals surface area (Å²) in [5.74, 6) is 0.685. The first-order chi connectivity index (χ1) is 8.09. The first-order valence-corrected chi connectivity index (χ1v) is 6.65. The fourth-order valence-electron chi connectivity index (χ4n) is 2.85. The van der Waals surface area contributed by atoms with E-state index in [1.807, 2.05) is 0 Å². The molecule has 0 bridgehead atoms. The number of piperidine rings is 1. The van der Waals surface area contributed by atoms with Crippen LogP contribution < -0.4 is 5.73 Å². The number of nitrogens with zero attached hydrogens (tertiary/aromatic N) is 1. The molecule has 0 saturated carbocycles. The Labute approximate surface area is 105 Å². The van der Waals surface area contributed by atoms with E-state index in [-0.39, 0.29) is 0 Å². The van der Waals surface area contributed by atoms with Crippen molar-refractivity contribution in [1.82, 2.24) is 4.90 Å². The second-order valence-electron chi connectivity index (χ2n) is 5.52. The molecule has 0 spiro atoms. The van der Waals surface area contributed by atoms with Crippen molar-refractivity contribution in [2.45, 2.75) is 51.9 Å². The SMILES string of the molecule is C[C@@H]1C[C@H](N)[C@@H](C)N(Cc2ccccc2)[C@@H]1C. The lowest BCUT2D eigenvalue weighted by Gasteiger charge is -2.46. The number of benzene rings is 1. The number of likely N-dealkylation sites (tertiary alicyclic amines) is 1. The van der Waals surface area contributed by atoms with Crippen molar-refractivity contribution in [2.75, 3.05) is 0 Å². The monoisotopic (exact) mass is 232 g/mol. The van der Waals surface area contributed by atoms with Crippen molar-refractivity contribution in [3.8, 4) is 0 Å². The average Bonchev–Trinajstić information content (AvgIpc) is 2.33. The molecule has 0 radical (unpaired) electrons. The number of nitrogens with two attached hydrogens (primary N) is 1. The minimum atomic E-state index is 0.310. The Balaban J connectivity index is 2.12. The molecule has 0 unspecified atom stereocenters. The standard InChI is InChI=1S/C15H24N2/c1-11-9-15(16)13(3)17(12(11)2)10-14-7-5-4-6-8-14/h4-8,11-13,15H,9-10,16H2,1-3H3/t11-,12-,13-,15+/m1/s1. The zero-order chi connectivity index (χ0) is 12.4. The summed E-state index contributed by atoms with van der Waals surface area (Å²) < 4.78 is 0. The molecule has 2 N–H and O–H groups in total. The molecule has 0 aliphatic carbocycles. The van der Waals surface area contributed by atoms with Gasteiger partial charge in [-0.25, -0.2) is 0 Å². The number of hydrogen-bond donors (Lipinski definition) is 1. The van der Waals surface area contributed by atoms with Crippen LogP contribution in [0.5, 0.6) is 0 Å². The minimum Gasteiger partial charge on any atom is -0.326 e. The van der Waals surface area contributed by atoms with Crippen molar-refractivity contribution in [2.24, 2.45) is 11.7 Å². The molecule has 1 heterocycles. The van der Waals surface area contributed by atoms with E-state index in [4.69, 9.17) is 5.73 Å². The van der Waals surface area contributed by atoms with Crippen molar-refractivity contribution >= 4 is 0 Å². The largest absolute Gasteiger partial charge is 0.326 e. The molecule has 1 saturated heterocycles. The third kappa shape index (κ3) is 2.70. The minimum absolute atomic E-state index is 0.310. The normalized spacial score (nSPS) is 34.8. The lowest BCUT2D eigenvalue weighted by molar-refractivity contribution is 0.0425. The van der Waals surface area contributed by atoms with Gasteiger partial charge in [0.25, 0.3) is 0 Å². The summed E-state index contributed by atoms with van der Waals surface area (Å²) in [6.45, 7) is 7.92. The molecule has 4 atom stereocenters. The highest BCUT2D eigenvalue weighted by Crippen LogP contribution is 2.28. The summed E-state index contributed by atoms with van der Waals surface area (Å²) in [5.41, 5.74) is 7.62. The van der Waals surface area contributed by atoms with Gasteiger partial charge in [-0.1, -0.05) is 37.3 Å². The van der Waals surface area contributed by atoms with Crippen LogP contribution in [0.3, 0.4) is 0 Å². The Kier molecular flexibility index (Phi) is 3.85. The summed E-state index contributed by atoms with van der Waals surface area (Å²) in [6, 6.07) is 12.1. The Morgan fingerprint density at radius 3 is 2.41 bits per heavy atom. The van der Waals surface area contributed by atoms with E-state index in [1.54, 1.807) is 0 Å². The Hall–Kier alpha value is -0.860. The second kappa shape index (κ2) is 5.19. The van der Waals surface area contributed by atoms with Gasteiger partial charge < -0.3 is 5.73 Å². The molecule has 94 valence electrons. The highest BCUT2D eigenvalue weighted by atomic mass is 15.2. The van der Waals surface area contributed by atoms with Crippen molar-refractivity contribution in [3.63, 3.8) is 0 Å². The third-order valence-corrected chi connectivity index (χ3v) is 4.34. The molecule has 2 heteroatoms. The van der Waals surface area contributed by atoms with Crippen LogP contribution >= 0.6 is 0 Å². The smallest absolute Gasteiger partial charge is 0.0240 e. The zero-order valence-corrected chi connectivity index (χ0v) is 11.1. The molecule has 0 amide bonds. The fraction of sp³-hybridized carbons (Fsp3) is 0.600. The van der Waals surface area contributed by atoms with E-state index < -0.39 is 0 Å². The van der Waals surface area contributed by atoms with Gasteiger partial charge >= 0.3 is 0 Å². The van der Waals surface area contributed by atoms with Gasteiger partial charge in [0.2, 0.25) is 0 Å². The molecule has 2 rings (SSSR count). The van der Waals surface area contributed by atoms with Crippen molar-refractivity contribution in [3.05, 3.63) is 35.9 Å². The van der Waals surface area contributed by atoms with E-state index in [1.165, 1.54) is 5.56 Å². The summed E-state index contributed by atoms with van der Waals surface area (Å²) in [4.78, 5) is 2.55. The van der Waals surface area contributed by atoms with E-state index in [2.05, 4.69) is 56.0 Å².